The number of hydrogen-bond acceptors (Lipinski definition) is 3. The quantitative estimate of drug-likeness (QED) is 0.643. The third kappa shape index (κ3) is 4.99. The van der Waals surface area contributed by atoms with E-state index < -0.39 is 12.1 Å². The highest BCUT2D eigenvalue weighted by molar-refractivity contribution is 6.02. The van der Waals surface area contributed by atoms with Crippen LogP contribution in [0.15, 0.2) is 0 Å². The molecule has 0 bridgehead atoms. The Morgan fingerprint density at radius 2 is 1.53 bits per heavy atom. The van der Waals surface area contributed by atoms with E-state index in [4.69, 9.17) is 0 Å². The molecule has 0 spiro atoms. The molecule has 0 aromatic carbocycles. The van der Waals surface area contributed by atoms with Gasteiger partial charge >= 0.3 is 12.1 Å². The summed E-state index contributed by atoms with van der Waals surface area (Å²) in [6.45, 7) is 3.73. The first-order valence-electron chi connectivity index (χ1n) is 4.88. The normalized spacial score (nSPS) is 9.60. The Hall–Kier alpha value is -1.59. The minimum absolute atomic E-state index is 0.194. The lowest BCUT2D eigenvalue weighted by Gasteiger charge is -2.11. The first-order valence-corrected chi connectivity index (χ1v) is 4.88. The molecule has 0 radical (unpaired) electrons. The number of nitrogens with one attached hydrogen (secondary N) is 3. The summed E-state index contributed by atoms with van der Waals surface area (Å²) in [5.41, 5.74) is 0. The predicted molar refractivity (Wildman–Crippen MR) is 55.2 cm³/mol. The summed E-state index contributed by atoms with van der Waals surface area (Å²) < 4.78 is 0. The lowest BCUT2D eigenvalue weighted by atomic mass is 10.0. The highest BCUT2D eigenvalue weighted by Gasteiger charge is 2.17. The second-order valence-electron chi connectivity index (χ2n) is 3.04. The Morgan fingerprint density at radius 1 is 1.00 bits per heavy atom. The first kappa shape index (κ1) is 13.4. The largest absolute Gasteiger partial charge is 0.341 e. The third-order valence-electron chi connectivity index (χ3n) is 2.05. The Balaban J connectivity index is 4.06. The summed E-state index contributed by atoms with van der Waals surface area (Å²) in [5.74, 6) is -0.554. The van der Waals surface area contributed by atoms with Gasteiger partial charge in [0.25, 0.3) is 0 Å². The van der Waals surface area contributed by atoms with E-state index in [1.54, 1.807) is 0 Å². The molecule has 3 N–H and O–H groups in total. The number of amides is 5. The summed E-state index contributed by atoms with van der Waals surface area (Å²) in [4.78, 5) is 33.2. The van der Waals surface area contributed by atoms with Gasteiger partial charge < -0.3 is 5.32 Å². The summed E-state index contributed by atoms with van der Waals surface area (Å²) in [6, 6.07) is -1.45. The number of hydrogen-bond donors (Lipinski definition) is 3. The molecule has 15 heavy (non-hydrogen) atoms. The molecule has 0 aliphatic heterocycles. The van der Waals surface area contributed by atoms with E-state index >= 15 is 0 Å². The summed E-state index contributed by atoms with van der Waals surface area (Å²) in [6.07, 6.45) is 1.32. The number of rotatable bonds is 3. The van der Waals surface area contributed by atoms with Crippen LogP contribution in [-0.4, -0.2) is 25.0 Å². The van der Waals surface area contributed by atoms with E-state index in [-0.39, 0.29) is 11.8 Å². The number of urea groups is 2. The maximum atomic E-state index is 11.4. The van der Waals surface area contributed by atoms with Crippen LogP contribution in [0, 0.1) is 5.92 Å². The number of imide groups is 2. The molecule has 0 unspecified atom stereocenters. The van der Waals surface area contributed by atoms with Crippen molar-refractivity contribution in [2.45, 2.75) is 26.7 Å². The molecule has 5 amide bonds. The molecule has 0 atom stereocenters. The minimum Gasteiger partial charge on any atom is -0.341 e. The Bertz CT molecular complexity index is 249. The molecule has 0 aromatic heterocycles. The molecule has 0 fully saturated rings. The minimum atomic E-state index is -0.800. The van der Waals surface area contributed by atoms with Gasteiger partial charge in [0.2, 0.25) is 5.91 Å². The molecule has 0 aliphatic carbocycles. The first-order chi connectivity index (χ1) is 7.04. The van der Waals surface area contributed by atoms with Crippen LogP contribution in [0.2, 0.25) is 0 Å². The van der Waals surface area contributed by atoms with Gasteiger partial charge in [0, 0.05) is 13.0 Å². The van der Waals surface area contributed by atoms with Crippen LogP contribution < -0.4 is 16.0 Å². The van der Waals surface area contributed by atoms with Gasteiger partial charge in [-0.2, -0.15) is 0 Å². The Labute approximate surface area is 88.8 Å². The average Bonchev–Trinajstić information content (AvgIpc) is 2.19. The van der Waals surface area contributed by atoms with E-state index in [1.807, 2.05) is 19.2 Å². The van der Waals surface area contributed by atoms with Crippen LogP contribution in [0.1, 0.15) is 26.7 Å². The monoisotopic (exact) mass is 215 g/mol. The smallest absolute Gasteiger partial charge is 0.329 e. The molecule has 86 valence electrons. The summed E-state index contributed by atoms with van der Waals surface area (Å²) in [5, 5.41) is 6.24. The van der Waals surface area contributed by atoms with E-state index in [1.165, 1.54) is 7.05 Å². The fourth-order valence-corrected chi connectivity index (χ4v) is 1.07. The lowest BCUT2D eigenvalue weighted by molar-refractivity contribution is -0.124. The van der Waals surface area contributed by atoms with Crippen molar-refractivity contribution in [1.29, 1.82) is 0 Å². The molecule has 0 rings (SSSR count). The van der Waals surface area contributed by atoms with Gasteiger partial charge in [-0.15, -0.1) is 0 Å². The van der Waals surface area contributed by atoms with Crippen molar-refractivity contribution in [3.63, 3.8) is 0 Å². The molecule has 6 heteroatoms. The molecular weight excluding hydrogens is 198 g/mol. The zero-order chi connectivity index (χ0) is 11.8. The zero-order valence-corrected chi connectivity index (χ0v) is 9.22. The van der Waals surface area contributed by atoms with Crippen molar-refractivity contribution in [3.05, 3.63) is 0 Å². The van der Waals surface area contributed by atoms with E-state index in [9.17, 15) is 14.4 Å². The van der Waals surface area contributed by atoms with Gasteiger partial charge in [0.15, 0.2) is 0 Å². The van der Waals surface area contributed by atoms with Crippen molar-refractivity contribution in [2.24, 2.45) is 5.92 Å². The zero-order valence-electron chi connectivity index (χ0n) is 9.22. The fraction of sp³-hybridized carbons (Fsp3) is 0.667. The van der Waals surface area contributed by atoms with Crippen LogP contribution >= 0.6 is 0 Å². The van der Waals surface area contributed by atoms with Crippen molar-refractivity contribution >= 4 is 18.0 Å². The topological polar surface area (TPSA) is 87.3 Å². The van der Waals surface area contributed by atoms with Gasteiger partial charge in [0.1, 0.15) is 0 Å². The van der Waals surface area contributed by atoms with Gasteiger partial charge in [-0.3, -0.25) is 15.4 Å². The molecule has 0 aliphatic rings. The SMILES string of the molecule is CCC(CC)C(=O)NC(=O)NC(=O)NC. The number of carbonyl (C=O) groups excluding carboxylic acids is 3. The van der Waals surface area contributed by atoms with E-state index in [0.29, 0.717) is 12.8 Å². The van der Waals surface area contributed by atoms with Crippen LogP contribution in [0.3, 0.4) is 0 Å². The molecular formula is C9H17N3O3. The van der Waals surface area contributed by atoms with Crippen LogP contribution in [0.4, 0.5) is 9.59 Å². The predicted octanol–water partition coefficient (Wildman–Crippen LogP) is 0.588. The van der Waals surface area contributed by atoms with Crippen molar-refractivity contribution < 1.29 is 14.4 Å². The Morgan fingerprint density at radius 3 is 1.93 bits per heavy atom. The van der Waals surface area contributed by atoms with Crippen LogP contribution in [0.25, 0.3) is 0 Å². The molecule has 0 saturated carbocycles. The second kappa shape index (κ2) is 6.80. The van der Waals surface area contributed by atoms with Gasteiger partial charge in [-0.25, -0.2) is 9.59 Å². The maximum absolute atomic E-state index is 11.4. The van der Waals surface area contributed by atoms with E-state index in [2.05, 4.69) is 10.6 Å². The van der Waals surface area contributed by atoms with Crippen molar-refractivity contribution in [3.8, 4) is 0 Å². The highest BCUT2D eigenvalue weighted by atomic mass is 16.2. The standard InChI is InChI=1S/C9H17N3O3/c1-4-6(5-2)7(13)11-9(15)12-8(14)10-3/h6H,4-5H2,1-3H3,(H3,10,11,12,13,14,15). The molecule has 0 aromatic rings. The van der Waals surface area contributed by atoms with Gasteiger partial charge in [-0.1, -0.05) is 13.8 Å². The van der Waals surface area contributed by atoms with Gasteiger partial charge in [0.05, 0.1) is 0 Å². The molecule has 0 saturated heterocycles. The average molecular weight is 215 g/mol. The second-order valence-corrected chi connectivity index (χ2v) is 3.04. The molecule has 6 nitrogen and oxygen atoms in total. The van der Waals surface area contributed by atoms with E-state index in [0.717, 1.165) is 0 Å². The third-order valence-corrected chi connectivity index (χ3v) is 2.05. The van der Waals surface area contributed by atoms with Crippen LogP contribution in [-0.2, 0) is 4.79 Å². The summed E-state index contributed by atoms with van der Waals surface area (Å²) in [7, 11) is 1.38. The fourth-order valence-electron chi connectivity index (χ4n) is 1.07. The lowest BCUT2D eigenvalue weighted by Crippen LogP contribution is -2.47. The number of carbonyl (C=O) groups is 3. The van der Waals surface area contributed by atoms with Gasteiger partial charge in [-0.05, 0) is 12.8 Å². The highest BCUT2D eigenvalue weighted by Crippen LogP contribution is 2.06. The van der Waals surface area contributed by atoms with Crippen molar-refractivity contribution in [1.82, 2.24) is 16.0 Å². The van der Waals surface area contributed by atoms with Crippen molar-refractivity contribution in [2.75, 3.05) is 7.05 Å². The Kier molecular flexibility index (Phi) is 6.08. The summed E-state index contributed by atoms with van der Waals surface area (Å²) >= 11 is 0. The molecule has 0 heterocycles. The van der Waals surface area contributed by atoms with Crippen LogP contribution in [0.5, 0.6) is 0 Å². The maximum Gasteiger partial charge on any atom is 0.329 e.